The quantitative estimate of drug-likeness (QED) is 0.129. The molecule has 0 saturated carbocycles. The fourth-order valence-electron chi connectivity index (χ4n) is 4.96. The summed E-state index contributed by atoms with van der Waals surface area (Å²) in [7, 11) is 0. The number of nitrogens with zero attached hydrogens (tertiary/aromatic N) is 1. The number of hydrogen-bond acceptors (Lipinski definition) is 3. The van der Waals surface area contributed by atoms with Gasteiger partial charge in [0.05, 0.1) is 11.3 Å². The van der Waals surface area contributed by atoms with Crippen molar-refractivity contribution in [2.24, 2.45) is 23.7 Å². The van der Waals surface area contributed by atoms with E-state index >= 15 is 0 Å². The van der Waals surface area contributed by atoms with Gasteiger partial charge in [0.1, 0.15) is 0 Å². The van der Waals surface area contributed by atoms with Gasteiger partial charge >= 0.3 is 0 Å². The minimum Gasteiger partial charge on any atom is -0.512 e. The molecule has 0 aliphatic rings. The van der Waals surface area contributed by atoms with Crippen LogP contribution in [0.3, 0.4) is 0 Å². The van der Waals surface area contributed by atoms with E-state index in [2.05, 4.69) is 84.0 Å². The van der Waals surface area contributed by atoms with Gasteiger partial charge < -0.3 is 5.11 Å². The topological polar surface area (TPSA) is 50.2 Å². The van der Waals surface area contributed by atoms with Crippen LogP contribution in [0.4, 0.5) is 0 Å². The molecule has 221 valence electrons. The summed E-state index contributed by atoms with van der Waals surface area (Å²) >= 11 is 0. The van der Waals surface area contributed by atoms with Crippen LogP contribution in [-0.4, -0.2) is 15.9 Å². The molecule has 3 nitrogen and oxygen atoms in total. The van der Waals surface area contributed by atoms with Gasteiger partial charge in [-0.15, -0.1) is 34.9 Å². The van der Waals surface area contributed by atoms with Gasteiger partial charge in [0, 0.05) is 44.4 Å². The summed E-state index contributed by atoms with van der Waals surface area (Å²) in [4.78, 5) is 16.2. The van der Waals surface area contributed by atoms with Crippen LogP contribution in [0.2, 0.25) is 0 Å². The number of aromatic nitrogens is 1. The molecule has 0 atom stereocenters. The molecular formula is C36H50IrNO2-. The number of aliphatic hydroxyl groups excluding tert-OH is 1. The second-order valence-corrected chi connectivity index (χ2v) is 12.7. The Kier molecular flexibility index (Phi) is 15.1. The van der Waals surface area contributed by atoms with Crippen molar-refractivity contribution in [2.75, 3.05) is 0 Å². The Hall–Kier alpha value is -2.29. The predicted octanol–water partition coefficient (Wildman–Crippen LogP) is 9.80. The third-order valence-corrected chi connectivity index (χ3v) is 6.24. The largest absolute Gasteiger partial charge is 0.512 e. The first-order valence-corrected chi connectivity index (χ1v) is 14.6. The Morgan fingerprint density at radius 3 is 2.00 bits per heavy atom. The second kappa shape index (κ2) is 16.8. The molecule has 2 aromatic carbocycles. The molecule has 0 aliphatic carbocycles. The van der Waals surface area contributed by atoms with Crippen molar-refractivity contribution in [3.05, 3.63) is 76.6 Å². The number of pyridine rings is 1. The van der Waals surface area contributed by atoms with E-state index in [1.54, 1.807) is 0 Å². The maximum absolute atomic E-state index is 11.2. The molecule has 4 heteroatoms. The maximum Gasteiger partial charge on any atom is 0.159 e. The van der Waals surface area contributed by atoms with E-state index in [-0.39, 0.29) is 31.6 Å². The number of benzene rings is 2. The molecule has 0 spiro atoms. The normalized spacial score (nSPS) is 11.7. The first-order chi connectivity index (χ1) is 18.2. The van der Waals surface area contributed by atoms with Gasteiger partial charge in [0.15, 0.2) is 5.78 Å². The van der Waals surface area contributed by atoms with E-state index in [0.29, 0.717) is 36.5 Å². The predicted molar refractivity (Wildman–Crippen MR) is 167 cm³/mol. The van der Waals surface area contributed by atoms with Crippen molar-refractivity contribution in [1.82, 2.24) is 4.98 Å². The molecule has 40 heavy (non-hydrogen) atoms. The summed E-state index contributed by atoms with van der Waals surface area (Å²) in [5, 5.41) is 10.7. The van der Waals surface area contributed by atoms with E-state index < -0.39 is 0 Å². The zero-order chi connectivity index (χ0) is 29.3. The smallest absolute Gasteiger partial charge is 0.159 e. The van der Waals surface area contributed by atoms with Gasteiger partial charge in [0.2, 0.25) is 0 Å². The third-order valence-electron chi connectivity index (χ3n) is 6.24. The number of aryl methyl sites for hydroxylation is 2. The summed E-state index contributed by atoms with van der Waals surface area (Å²) in [5.41, 5.74) is 8.53. The molecule has 0 unspecified atom stereocenters. The summed E-state index contributed by atoms with van der Waals surface area (Å²) in [6.45, 7) is 21.4. The van der Waals surface area contributed by atoms with Crippen LogP contribution < -0.4 is 0 Å². The molecule has 3 rings (SSSR count). The fraction of sp³-hybridized carbons (Fsp3) is 0.500. The first kappa shape index (κ1) is 35.7. The van der Waals surface area contributed by atoms with Crippen molar-refractivity contribution in [1.29, 1.82) is 0 Å². The van der Waals surface area contributed by atoms with Gasteiger partial charge in [-0.3, -0.25) is 9.78 Å². The Labute approximate surface area is 257 Å². The molecule has 1 heterocycles. The number of aliphatic hydroxyl groups is 1. The average molecular weight is 721 g/mol. The number of allylic oxidation sites excluding steroid dienone is 2. The fourth-order valence-corrected chi connectivity index (χ4v) is 4.96. The van der Waals surface area contributed by atoms with Crippen molar-refractivity contribution in [2.45, 2.75) is 94.9 Å². The molecule has 1 N–H and O–H groups in total. The van der Waals surface area contributed by atoms with E-state index in [1.165, 1.54) is 33.7 Å². The number of rotatable bonds is 10. The molecule has 0 saturated heterocycles. The standard InChI is InChI=1S/C25H30N.C11H20O2.Ir/c1-16(2)10-20-8-7-9-23-25(20)22(11-17(3)4)15-24(26-23)21-13-18(5)12-19(6)14-21;1-8(2)5-10(12)7-11(13)6-9(3)4;/h7-9,12-13,15-17H,10-11H2,1-6H3;7-9,12H,5-6H2,1-4H3;/q-1;;/b;10-7-;. The number of ketones is 1. The van der Waals surface area contributed by atoms with Gasteiger partial charge in [-0.05, 0) is 59.4 Å². The SMILES string of the molecule is CC(C)CC(=O)/C=C(\O)CC(C)C.Cc1[c-]c(-c2cc(CC(C)C)c3c(CC(C)C)cccc3n2)cc(C)c1.[Ir]. The monoisotopic (exact) mass is 721 g/mol. The van der Waals surface area contributed by atoms with Crippen LogP contribution in [0, 0.1) is 43.6 Å². The van der Waals surface area contributed by atoms with Crippen molar-refractivity contribution >= 4 is 16.7 Å². The number of hydrogen-bond donors (Lipinski definition) is 1. The van der Waals surface area contributed by atoms with Gasteiger partial charge in [-0.2, -0.15) is 0 Å². The van der Waals surface area contributed by atoms with Crippen LogP contribution in [0.5, 0.6) is 0 Å². The zero-order valence-corrected chi connectivity index (χ0v) is 28.7. The van der Waals surface area contributed by atoms with Crippen LogP contribution in [0.15, 0.2) is 48.2 Å². The van der Waals surface area contributed by atoms with E-state index in [0.717, 1.165) is 29.6 Å². The molecule has 1 aromatic heterocycles. The zero-order valence-electron chi connectivity index (χ0n) is 26.3. The minimum atomic E-state index is 0. The second-order valence-electron chi connectivity index (χ2n) is 12.7. The van der Waals surface area contributed by atoms with Crippen LogP contribution in [0.1, 0.15) is 90.5 Å². The Bertz CT molecular complexity index is 1250. The first-order valence-electron chi connectivity index (χ1n) is 14.6. The molecule has 3 aromatic rings. The molecule has 1 radical (unpaired) electrons. The maximum atomic E-state index is 11.2. The molecule has 0 amide bonds. The summed E-state index contributed by atoms with van der Waals surface area (Å²) in [6.07, 6.45) is 4.64. The van der Waals surface area contributed by atoms with Crippen LogP contribution in [0.25, 0.3) is 22.2 Å². The molecule has 0 bridgehead atoms. The molecule has 0 fully saturated rings. The summed E-state index contributed by atoms with van der Waals surface area (Å²) in [5.74, 6) is 2.23. The van der Waals surface area contributed by atoms with E-state index in [1.807, 2.05) is 27.7 Å². The number of fused-ring (bicyclic) bond motifs is 1. The molecule has 0 aliphatic heterocycles. The number of carbonyl (C=O) groups is 1. The average Bonchev–Trinajstić information content (AvgIpc) is 2.76. The van der Waals surface area contributed by atoms with Gasteiger partial charge in [0.25, 0.3) is 0 Å². The van der Waals surface area contributed by atoms with Gasteiger partial charge in [-0.25, -0.2) is 0 Å². The van der Waals surface area contributed by atoms with E-state index in [4.69, 9.17) is 4.98 Å². The summed E-state index contributed by atoms with van der Waals surface area (Å²) in [6, 6.07) is 16.7. The van der Waals surface area contributed by atoms with Crippen molar-refractivity contribution < 1.29 is 30.0 Å². The van der Waals surface area contributed by atoms with Crippen LogP contribution >= 0.6 is 0 Å². The van der Waals surface area contributed by atoms with E-state index in [9.17, 15) is 9.90 Å². The van der Waals surface area contributed by atoms with Gasteiger partial charge in [-0.1, -0.05) is 87.4 Å². The molecular weight excluding hydrogens is 671 g/mol. The third kappa shape index (κ3) is 12.1. The Morgan fingerprint density at radius 1 is 0.850 bits per heavy atom. The Balaban J connectivity index is 0.000000489. The van der Waals surface area contributed by atoms with Crippen LogP contribution in [-0.2, 0) is 37.7 Å². The number of carbonyl (C=O) groups excluding carboxylic acids is 1. The van der Waals surface area contributed by atoms with Crippen molar-refractivity contribution in [3.8, 4) is 11.3 Å². The Morgan fingerprint density at radius 2 is 1.45 bits per heavy atom. The minimum absolute atomic E-state index is 0. The summed E-state index contributed by atoms with van der Waals surface area (Å²) < 4.78 is 0. The van der Waals surface area contributed by atoms with Crippen molar-refractivity contribution in [3.63, 3.8) is 0 Å².